The zero-order chi connectivity index (χ0) is 22.8. The molecule has 2 aromatic carbocycles. The standard InChI is InChI=1S/C25H26N4O3/c1-14(2)31-23-11-8-17(12-18(23)13-26)25-28-24(29-32-25)21-7-5-6-20-19(21)9-10-22(20)27-15(3)16(4)30/h5-8,11-12,14-15,22,27H,9-10H2,1-4H3/t15-,22-/m0/s1. The normalized spacial score (nSPS) is 15.9. The van der Waals surface area contributed by atoms with E-state index in [0.717, 1.165) is 18.4 Å². The molecule has 0 fully saturated rings. The average Bonchev–Trinajstić information content (AvgIpc) is 3.41. The SMILES string of the molecule is CC(=O)[C@H](C)N[C@H]1CCc2c(-c3noc(-c4ccc(OC(C)C)c(C#N)c4)n3)cccc21. The summed E-state index contributed by atoms with van der Waals surface area (Å²) in [5, 5.41) is 17.1. The number of carbonyl (C=O) groups excluding carboxylic acids is 1. The van der Waals surface area contributed by atoms with Crippen molar-refractivity contribution in [1.29, 1.82) is 5.26 Å². The molecule has 4 rings (SSSR count). The molecule has 1 aliphatic carbocycles. The largest absolute Gasteiger partial charge is 0.490 e. The fourth-order valence-electron chi connectivity index (χ4n) is 4.01. The van der Waals surface area contributed by atoms with Gasteiger partial charge in [0, 0.05) is 17.2 Å². The van der Waals surface area contributed by atoms with Crippen LogP contribution < -0.4 is 10.1 Å². The molecule has 0 bridgehead atoms. The van der Waals surface area contributed by atoms with Gasteiger partial charge in [-0.1, -0.05) is 23.4 Å². The molecular weight excluding hydrogens is 404 g/mol. The van der Waals surface area contributed by atoms with Crippen molar-refractivity contribution in [2.45, 2.75) is 58.7 Å². The molecule has 1 N–H and O–H groups in total. The fourth-order valence-corrected chi connectivity index (χ4v) is 4.01. The second-order valence-electron chi connectivity index (χ2n) is 8.38. The van der Waals surface area contributed by atoms with Gasteiger partial charge in [0.15, 0.2) is 0 Å². The van der Waals surface area contributed by atoms with Gasteiger partial charge in [-0.25, -0.2) is 0 Å². The lowest BCUT2D eigenvalue weighted by atomic mass is 10.0. The van der Waals surface area contributed by atoms with Crippen molar-refractivity contribution in [2.75, 3.05) is 0 Å². The predicted octanol–water partition coefficient (Wildman–Crippen LogP) is 4.62. The van der Waals surface area contributed by atoms with E-state index in [2.05, 4.69) is 27.6 Å². The van der Waals surface area contributed by atoms with Crippen molar-refractivity contribution in [1.82, 2.24) is 15.5 Å². The Hall–Kier alpha value is -3.50. The number of hydrogen-bond donors (Lipinski definition) is 1. The minimum absolute atomic E-state index is 0.0279. The molecule has 0 aliphatic heterocycles. The zero-order valence-corrected chi connectivity index (χ0v) is 18.7. The van der Waals surface area contributed by atoms with Crippen LogP contribution in [-0.2, 0) is 11.2 Å². The van der Waals surface area contributed by atoms with E-state index in [1.54, 1.807) is 19.1 Å². The Balaban J connectivity index is 1.62. The summed E-state index contributed by atoms with van der Waals surface area (Å²) in [4.78, 5) is 16.3. The van der Waals surface area contributed by atoms with Crippen molar-refractivity contribution in [3.05, 3.63) is 53.1 Å². The van der Waals surface area contributed by atoms with Gasteiger partial charge < -0.3 is 14.6 Å². The van der Waals surface area contributed by atoms with Gasteiger partial charge in [-0.15, -0.1) is 0 Å². The molecule has 3 aromatic rings. The van der Waals surface area contributed by atoms with Crippen LogP contribution >= 0.6 is 0 Å². The minimum Gasteiger partial charge on any atom is -0.490 e. The quantitative estimate of drug-likeness (QED) is 0.584. The lowest BCUT2D eigenvalue weighted by Crippen LogP contribution is -2.34. The number of rotatable bonds is 7. The first-order valence-electron chi connectivity index (χ1n) is 10.8. The Kier molecular flexibility index (Phi) is 6.06. The van der Waals surface area contributed by atoms with E-state index in [4.69, 9.17) is 9.26 Å². The predicted molar refractivity (Wildman–Crippen MR) is 120 cm³/mol. The highest BCUT2D eigenvalue weighted by Gasteiger charge is 2.28. The molecule has 0 saturated heterocycles. The monoisotopic (exact) mass is 430 g/mol. The van der Waals surface area contributed by atoms with Gasteiger partial charge in [-0.3, -0.25) is 4.79 Å². The number of nitriles is 1. The first-order chi connectivity index (χ1) is 15.4. The third kappa shape index (κ3) is 4.27. The fraction of sp³-hybridized carbons (Fsp3) is 0.360. The Morgan fingerprint density at radius 3 is 2.81 bits per heavy atom. The van der Waals surface area contributed by atoms with Crippen LogP contribution in [0.3, 0.4) is 0 Å². The van der Waals surface area contributed by atoms with Gasteiger partial charge in [0.2, 0.25) is 5.82 Å². The number of nitrogens with zero attached hydrogens (tertiary/aromatic N) is 3. The summed E-state index contributed by atoms with van der Waals surface area (Å²) in [6.45, 7) is 7.32. The van der Waals surface area contributed by atoms with E-state index in [1.807, 2.05) is 39.0 Å². The van der Waals surface area contributed by atoms with Crippen LogP contribution in [0.2, 0.25) is 0 Å². The summed E-state index contributed by atoms with van der Waals surface area (Å²) >= 11 is 0. The van der Waals surface area contributed by atoms with Gasteiger partial charge in [0.05, 0.1) is 17.7 Å². The molecule has 32 heavy (non-hydrogen) atoms. The van der Waals surface area contributed by atoms with Crippen LogP contribution in [0.25, 0.3) is 22.8 Å². The molecule has 0 saturated carbocycles. The second-order valence-corrected chi connectivity index (χ2v) is 8.38. The molecule has 1 heterocycles. The van der Waals surface area contributed by atoms with Crippen molar-refractivity contribution >= 4 is 5.78 Å². The number of hydrogen-bond acceptors (Lipinski definition) is 7. The van der Waals surface area contributed by atoms with Crippen molar-refractivity contribution in [3.63, 3.8) is 0 Å². The highest BCUT2D eigenvalue weighted by molar-refractivity contribution is 5.81. The number of aromatic nitrogens is 2. The van der Waals surface area contributed by atoms with E-state index in [9.17, 15) is 10.1 Å². The Morgan fingerprint density at radius 2 is 2.09 bits per heavy atom. The number of ketones is 1. The Bertz CT molecular complexity index is 1190. The van der Waals surface area contributed by atoms with E-state index in [0.29, 0.717) is 28.6 Å². The lowest BCUT2D eigenvalue weighted by Gasteiger charge is -2.18. The molecule has 0 spiro atoms. The highest BCUT2D eigenvalue weighted by atomic mass is 16.5. The van der Waals surface area contributed by atoms with Gasteiger partial charge in [-0.2, -0.15) is 10.2 Å². The first-order valence-corrected chi connectivity index (χ1v) is 10.8. The van der Waals surface area contributed by atoms with Crippen LogP contribution in [-0.4, -0.2) is 28.1 Å². The molecule has 164 valence electrons. The molecule has 2 atom stereocenters. The van der Waals surface area contributed by atoms with Crippen LogP contribution in [0.5, 0.6) is 5.75 Å². The van der Waals surface area contributed by atoms with Crippen molar-refractivity contribution in [3.8, 4) is 34.7 Å². The smallest absolute Gasteiger partial charge is 0.258 e. The van der Waals surface area contributed by atoms with Crippen LogP contribution in [0.1, 0.15) is 56.8 Å². The minimum atomic E-state index is -0.191. The maximum atomic E-state index is 11.7. The van der Waals surface area contributed by atoms with E-state index in [-0.39, 0.29) is 24.0 Å². The summed E-state index contributed by atoms with van der Waals surface area (Å²) in [7, 11) is 0. The number of Topliss-reactive ketones (excluding diaryl/α,β-unsaturated/α-hetero) is 1. The lowest BCUT2D eigenvalue weighted by molar-refractivity contribution is -0.118. The van der Waals surface area contributed by atoms with Crippen LogP contribution in [0.15, 0.2) is 40.9 Å². The number of carbonyl (C=O) groups is 1. The molecule has 0 amide bonds. The maximum absolute atomic E-state index is 11.7. The molecule has 0 unspecified atom stereocenters. The molecule has 7 nitrogen and oxygen atoms in total. The van der Waals surface area contributed by atoms with E-state index >= 15 is 0 Å². The number of fused-ring (bicyclic) bond motifs is 1. The molecular formula is C25H26N4O3. The topological polar surface area (TPSA) is 101 Å². The van der Waals surface area contributed by atoms with Gasteiger partial charge in [-0.05, 0) is 69.9 Å². The Morgan fingerprint density at radius 1 is 1.28 bits per heavy atom. The summed E-state index contributed by atoms with van der Waals surface area (Å²) in [6, 6.07) is 13.4. The number of ether oxygens (including phenoxy) is 1. The van der Waals surface area contributed by atoms with Crippen LogP contribution in [0.4, 0.5) is 0 Å². The van der Waals surface area contributed by atoms with Gasteiger partial charge in [0.1, 0.15) is 17.6 Å². The second kappa shape index (κ2) is 8.93. The zero-order valence-electron chi connectivity index (χ0n) is 18.7. The van der Waals surface area contributed by atoms with Crippen molar-refractivity contribution in [2.24, 2.45) is 0 Å². The van der Waals surface area contributed by atoms with Crippen molar-refractivity contribution < 1.29 is 14.1 Å². The summed E-state index contributed by atoms with van der Waals surface area (Å²) in [6.07, 6.45) is 1.76. The number of nitrogens with one attached hydrogen (secondary N) is 1. The van der Waals surface area contributed by atoms with Gasteiger partial charge in [0.25, 0.3) is 5.89 Å². The van der Waals surface area contributed by atoms with E-state index in [1.165, 1.54) is 11.1 Å². The number of benzene rings is 2. The van der Waals surface area contributed by atoms with E-state index < -0.39 is 0 Å². The maximum Gasteiger partial charge on any atom is 0.258 e. The van der Waals surface area contributed by atoms with Crippen LogP contribution in [0, 0.1) is 11.3 Å². The first kappa shape index (κ1) is 21.7. The molecule has 1 aliphatic rings. The summed E-state index contributed by atoms with van der Waals surface area (Å²) in [5.41, 5.74) is 4.36. The van der Waals surface area contributed by atoms with Gasteiger partial charge >= 0.3 is 0 Å². The molecule has 7 heteroatoms. The third-order valence-corrected chi connectivity index (χ3v) is 5.71. The summed E-state index contributed by atoms with van der Waals surface area (Å²) in [5.74, 6) is 1.52. The third-order valence-electron chi connectivity index (χ3n) is 5.71. The highest BCUT2D eigenvalue weighted by Crippen LogP contribution is 2.38. The Labute approximate surface area is 187 Å². The molecule has 1 aromatic heterocycles. The molecule has 0 radical (unpaired) electrons. The average molecular weight is 431 g/mol. The summed E-state index contributed by atoms with van der Waals surface area (Å²) < 4.78 is 11.2.